The molecule has 1 heterocycles. The van der Waals surface area contributed by atoms with Gasteiger partial charge >= 0.3 is 0 Å². The zero-order chi connectivity index (χ0) is 11.5. The van der Waals surface area contributed by atoms with Crippen molar-refractivity contribution in [1.82, 2.24) is 4.90 Å². The van der Waals surface area contributed by atoms with Crippen LogP contribution in [0.1, 0.15) is 11.1 Å². The minimum absolute atomic E-state index is 0.510. The maximum atomic E-state index is 10.6. The molecule has 16 heavy (non-hydrogen) atoms. The molecule has 0 aromatic heterocycles. The van der Waals surface area contributed by atoms with Crippen molar-refractivity contribution in [2.45, 2.75) is 12.8 Å². The van der Waals surface area contributed by atoms with Gasteiger partial charge in [0.15, 0.2) is 12.1 Å². The highest BCUT2D eigenvalue weighted by Crippen LogP contribution is 2.15. The Balaban J connectivity index is 2.22. The van der Waals surface area contributed by atoms with Crippen LogP contribution in [0.5, 0.6) is 0 Å². The first-order valence-corrected chi connectivity index (χ1v) is 4.97. The monoisotopic (exact) mass is 219 g/mol. The summed E-state index contributed by atoms with van der Waals surface area (Å²) in [4.78, 5) is 17.3. The van der Waals surface area contributed by atoms with Gasteiger partial charge in [0, 0.05) is 19.2 Å². The minimum atomic E-state index is -0.621. The zero-order valence-corrected chi connectivity index (χ0v) is 8.96. The van der Waals surface area contributed by atoms with E-state index in [2.05, 4.69) is 5.16 Å². The third-order valence-electron chi connectivity index (χ3n) is 2.53. The maximum Gasteiger partial charge on any atom is 0.257 e. The van der Waals surface area contributed by atoms with Gasteiger partial charge in [-0.2, -0.15) is 0 Å². The molecular weight excluding hydrogens is 206 g/mol. The lowest BCUT2D eigenvalue weighted by Crippen LogP contribution is -2.33. The first kappa shape index (κ1) is 10.6. The predicted molar refractivity (Wildman–Crippen MR) is 59.6 cm³/mol. The molecule has 1 aromatic carbocycles. The average Bonchev–Trinajstić information content (AvgIpc) is 2.70. The van der Waals surface area contributed by atoms with Gasteiger partial charge in [0.25, 0.3) is 6.23 Å². The molecule has 1 aliphatic heterocycles. The van der Waals surface area contributed by atoms with Crippen molar-refractivity contribution in [2.24, 2.45) is 10.9 Å². The Morgan fingerprint density at radius 2 is 2.19 bits per heavy atom. The van der Waals surface area contributed by atoms with Gasteiger partial charge in [0.05, 0.1) is 0 Å². The van der Waals surface area contributed by atoms with Crippen LogP contribution in [0.3, 0.4) is 0 Å². The predicted octanol–water partition coefficient (Wildman–Crippen LogP) is 0.294. The molecule has 1 aromatic rings. The smallest absolute Gasteiger partial charge is 0.257 e. The quantitative estimate of drug-likeness (QED) is 0.742. The molecule has 84 valence electrons. The molecule has 0 fully saturated rings. The maximum absolute atomic E-state index is 10.6. The summed E-state index contributed by atoms with van der Waals surface area (Å²) >= 11 is 0. The largest absolute Gasteiger partial charge is 0.360 e. The van der Waals surface area contributed by atoms with Gasteiger partial charge in [0.2, 0.25) is 0 Å². The Kier molecular flexibility index (Phi) is 2.87. The number of carbonyl (C=O) groups excluding carboxylic acids is 1. The number of rotatable bonds is 3. The fourth-order valence-electron chi connectivity index (χ4n) is 1.52. The van der Waals surface area contributed by atoms with E-state index in [1.54, 1.807) is 11.9 Å². The van der Waals surface area contributed by atoms with Crippen molar-refractivity contribution in [3.8, 4) is 0 Å². The highest BCUT2D eigenvalue weighted by molar-refractivity contribution is 6.00. The lowest BCUT2D eigenvalue weighted by atomic mass is 10.1. The van der Waals surface area contributed by atoms with Gasteiger partial charge in [-0.1, -0.05) is 29.4 Å². The number of nitrogens with zero attached hydrogens (tertiary/aromatic N) is 2. The summed E-state index contributed by atoms with van der Waals surface area (Å²) in [7, 11) is 1.77. The molecule has 1 aliphatic rings. The van der Waals surface area contributed by atoms with Gasteiger partial charge < -0.3 is 15.5 Å². The van der Waals surface area contributed by atoms with Crippen molar-refractivity contribution >= 4 is 12.1 Å². The van der Waals surface area contributed by atoms with Crippen LogP contribution in [-0.2, 0) is 16.2 Å². The molecule has 2 rings (SSSR count). The zero-order valence-electron chi connectivity index (χ0n) is 8.96. The molecule has 0 saturated heterocycles. The van der Waals surface area contributed by atoms with Crippen molar-refractivity contribution in [1.29, 1.82) is 0 Å². The van der Waals surface area contributed by atoms with E-state index in [1.807, 2.05) is 24.3 Å². The number of likely N-dealkylation sites (N-methyl/N-ethyl adjacent to an activating group) is 1. The van der Waals surface area contributed by atoms with Crippen LogP contribution in [-0.4, -0.2) is 30.3 Å². The molecular formula is C11H13N3O2. The average molecular weight is 219 g/mol. The SMILES string of the molecule is CN1C(c2ccc(CN)cc2)=NOC1C=O. The second-order valence-electron chi connectivity index (χ2n) is 3.56. The number of amidine groups is 1. The van der Waals surface area contributed by atoms with Crippen LogP contribution in [0.2, 0.25) is 0 Å². The van der Waals surface area contributed by atoms with Crippen LogP contribution in [0.25, 0.3) is 0 Å². The van der Waals surface area contributed by atoms with Gasteiger partial charge in [-0.3, -0.25) is 4.79 Å². The number of hydrogen-bond acceptors (Lipinski definition) is 5. The number of benzene rings is 1. The Labute approximate surface area is 93.5 Å². The second-order valence-corrected chi connectivity index (χ2v) is 3.56. The minimum Gasteiger partial charge on any atom is -0.360 e. The summed E-state index contributed by atoms with van der Waals surface area (Å²) in [5.41, 5.74) is 7.47. The van der Waals surface area contributed by atoms with E-state index >= 15 is 0 Å². The number of nitrogens with two attached hydrogens (primary N) is 1. The van der Waals surface area contributed by atoms with Crippen LogP contribution < -0.4 is 5.73 Å². The Morgan fingerprint density at radius 3 is 2.69 bits per heavy atom. The summed E-state index contributed by atoms with van der Waals surface area (Å²) in [6.07, 6.45) is 0.0919. The van der Waals surface area contributed by atoms with Crippen LogP contribution in [0, 0.1) is 0 Å². The lowest BCUT2D eigenvalue weighted by Gasteiger charge is -2.15. The number of oxime groups is 1. The Morgan fingerprint density at radius 1 is 1.50 bits per heavy atom. The van der Waals surface area contributed by atoms with Crippen LogP contribution in [0.4, 0.5) is 0 Å². The summed E-state index contributed by atoms with van der Waals surface area (Å²) in [6.45, 7) is 0.510. The number of aldehydes is 1. The van der Waals surface area contributed by atoms with E-state index in [0.717, 1.165) is 11.1 Å². The van der Waals surface area contributed by atoms with Gasteiger partial charge in [-0.15, -0.1) is 0 Å². The van der Waals surface area contributed by atoms with Crippen molar-refractivity contribution in [2.75, 3.05) is 7.05 Å². The lowest BCUT2D eigenvalue weighted by molar-refractivity contribution is -0.121. The van der Waals surface area contributed by atoms with E-state index in [0.29, 0.717) is 18.7 Å². The number of carbonyl (C=O) groups is 1. The van der Waals surface area contributed by atoms with E-state index in [4.69, 9.17) is 10.6 Å². The van der Waals surface area contributed by atoms with Gasteiger partial charge in [0.1, 0.15) is 0 Å². The fraction of sp³-hybridized carbons (Fsp3) is 0.273. The summed E-state index contributed by atoms with van der Waals surface area (Å²) in [6, 6.07) is 7.68. The third kappa shape index (κ3) is 1.77. The van der Waals surface area contributed by atoms with Crippen molar-refractivity contribution in [3.05, 3.63) is 35.4 Å². The van der Waals surface area contributed by atoms with E-state index in [9.17, 15) is 4.79 Å². The summed E-state index contributed by atoms with van der Waals surface area (Å²) in [5, 5.41) is 3.87. The first-order valence-electron chi connectivity index (χ1n) is 4.97. The van der Waals surface area contributed by atoms with Crippen LogP contribution in [0.15, 0.2) is 29.4 Å². The number of hydrogen-bond donors (Lipinski definition) is 1. The van der Waals surface area contributed by atoms with Gasteiger partial charge in [-0.25, -0.2) is 0 Å². The topological polar surface area (TPSA) is 67.9 Å². The molecule has 1 unspecified atom stereocenters. The van der Waals surface area contributed by atoms with E-state index in [1.165, 1.54) is 0 Å². The molecule has 5 heteroatoms. The Bertz CT molecular complexity index is 414. The highest BCUT2D eigenvalue weighted by Gasteiger charge is 2.26. The highest BCUT2D eigenvalue weighted by atomic mass is 16.7. The molecule has 0 amide bonds. The van der Waals surface area contributed by atoms with E-state index in [-0.39, 0.29) is 0 Å². The van der Waals surface area contributed by atoms with E-state index < -0.39 is 6.23 Å². The van der Waals surface area contributed by atoms with Gasteiger partial charge in [-0.05, 0) is 5.56 Å². The molecule has 0 bridgehead atoms. The normalized spacial score (nSPS) is 19.2. The summed E-state index contributed by atoms with van der Waals surface area (Å²) in [5.74, 6) is 0.653. The first-order chi connectivity index (χ1) is 7.76. The Hall–Kier alpha value is -1.88. The molecule has 0 radical (unpaired) electrons. The van der Waals surface area contributed by atoms with Crippen molar-refractivity contribution < 1.29 is 9.63 Å². The second kappa shape index (κ2) is 4.32. The third-order valence-corrected chi connectivity index (χ3v) is 2.53. The standard InChI is InChI=1S/C11H13N3O2/c1-14-10(7-15)16-13-11(14)9-4-2-8(6-12)3-5-9/h2-5,7,10H,6,12H2,1H3. The molecule has 0 aliphatic carbocycles. The molecule has 2 N–H and O–H groups in total. The molecule has 1 atom stereocenters. The molecule has 0 saturated carbocycles. The summed E-state index contributed by atoms with van der Waals surface area (Å²) < 4.78 is 0. The van der Waals surface area contributed by atoms with Crippen molar-refractivity contribution in [3.63, 3.8) is 0 Å². The van der Waals surface area contributed by atoms with Crippen LogP contribution >= 0.6 is 0 Å². The molecule has 0 spiro atoms. The fourth-order valence-corrected chi connectivity index (χ4v) is 1.52. The molecule has 5 nitrogen and oxygen atoms in total.